The fraction of sp³-hybridized carbons (Fsp3) is 0.409. The number of hydrogen-bond donors (Lipinski definition) is 1. The lowest BCUT2D eigenvalue weighted by Gasteiger charge is -2.34. The lowest BCUT2D eigenvalue weighted by molar-refractivity contribution is -0.122. The van der Waals surface area contributed by atoms with Gasteiger partial charge in [-0.15, -0.1) is 0 Å². The second kappa shape index (κ2) is 10.3. The summed E-state index contributed by atoms with van der Waals surface area (Å²) in [6.45, 7) is 4.47. The lowest BCUT2D eigenvalue weighted by atomic mass is 10.1. The molecule has 0 saturated carbocycles. The van der Waals surface area contributed by atoms with Crippen LogP contribution >= 0.6 is 0 Å². The number of nitrogens with zero attached hydrogens (tertiary/aromatic N) is 2. The van der Waals surface area contributed by atoms with Crippen LogP contribution in [-0.4, -0.2) is 62.1 Å². The predicted octanol–water partition coefficient (Wildman–Crippen LogP) is 2.45. The van der Waals surface area contributed by atoms with Crippen molar-refractivity contribution in [3.8, 4) is 5.75 Å². The van der Waals surface area contributed by atoms with Crippen molar-refractivity contribution in [2.45, 2.75) is 13.0 Å². The summed E-state index contributed by atoms with van der Waals surface area (Å²) in [5.74, 6) is 0.115. The van der Waals surface area contributed by atoms with Crippen molar-refractivity contribution in [2.75, 3.05) is 46.4 Å². The molecule has 1 fully saturated rings. The quantitative estimate of drug-likeness (QED) is 0.736. The van der Waals surface area contributed by atoms with Gasteiger partial charge < -0.3 is 10.1 Å². The smallest absolute Gasteiger partial charge is 0.234 e. The molecule has 0 aromatic heterocycles. The van der Waals surface area contributed by atoms with Gasteiger partial charge in [0.15, 0.2) is 0 Å². The molecule has 3 rings (SSSR count). The van der Waals surface area contributed by atoms with Crippen molar-refractivity contribution in [1.29, 1.82) is 0 Å². The maximum absolute atomic E-state index is 13.6. The average molecular weight is 403 g/mol. The molecule has 0 atom stereocenters. The maximum Gasteiger partial charge on any atom is 0.234 e. The van der Waals surface area contributed by atoms with E-state index in [9.17, 15) is 13.6 Å². The predicted molar refractivity (Wildman–Crippen MR) is 108 cm³/mol. The van der Waals surface area contributed by atoms with Crippen LogP contribution in [0.3, 0.4) is 0 Å². The Morgan fingerprint density at radius 2 is 1.76 bits per heavy atom. The molecule has 29 heavy (non-hydrogen) atoms. The van der Waals surface area contributed by atoms with E-state index in [2.05, 4.69) is 15.1 Å². The minimum atomic E-state index is -0.272. The molecule has 1 heterocycles. The molecule has 2 aromatic rings. The Kier molecular flexibility index (Phi) is 7.55. The zero-order valence-corrected chi connectivity index (χ0v) is 16.7. The van der Waals surface area contributed by atoms with Gasteiger partial charge >= 0.3 is 0 Å². The SMILES string of the molecule is COc1ccc(F)cc1CN1CCN(CC(=O)NCCc2ccccc2F)CC1. The van der Waals surface area contributed by atoms with E-state index in [0.29, 0.717) is 37.4 Å². The van der Waals surface area contributed by atoms with E-state index in [1.807, 2.05) is 0 Å². The number of ether oxygens (including phenoxy) is 1. The first-order valence-electron chi connectivity index (χ1n) is 9.82. The van der Waals surface area contributed by atoms with Crippen LogP contribution in [0.4, 0.5) is 8.78 Å². The summed E-state index contributed by atoms with van der Waals surface area (Å²) in [6.07, 6.45) is 0.474. The highest BCUT2D eigenvalue weighted by atomic mass is 19.1. The second-order valence-electron chi connectivity index (χ2n) is 7.20. The zero-order chi connectivity index (χ0) is 20.6. The standard InChI is InChI=1S/C22H27F2N3O2/c1-29-21-7-6-19(23)14-18(21)15-26-10-12-27(13-11-26)16-22(28)25-9-8-17-4-2-3-5-20(17)24/h2-7,14H,8-13,15-16H2,1H3,(H,25,28). The van der Waals surface area contributed by atoms with Crippen molar-refractivity contribution in [1.82, 2.24) is 15.1 Å². The topological polar surface area (TPSA) is 44.8 Å². The summed E-state index contributed by atoms with van der Waals surface area (Å²) in [4.78, 5) is 16.5. The van der Waals surface area contributed by atoms with E-state index < -0.39 is 0 Å². The van der Waals surface area contributed by atoms with E-state index in [0.717, 1.165) is 31.7 Å². The molecule has 1 saturated heterocycles. The number of amides is 1. The molecule has 5 nitrogen and oxygen atoms in total. The molecule has 0 radical (unpaired) electrons. The summed E-state index contributed by atoms with van der Waals surface area (Å²) >= 11 is 0. The molecule has 1 N–H and O–H groups in total. The summed E-state index contributed by atoms with van der Waals surface area (Å²) in [5.41, 5.74) is 1.43. The van der Waals surface area contributed by atoms with E-state index in [4.69, 9.17) is 4.74 Å². The fourth-order valence-corrected chi connectivity index (χ4v) is 3.51. The Labute approximate surface area is 170 Å². The molecule has 2 aromatic carbocycles. The van der Waals surface area contributed by atoms with Crippen LogP contribution in [0.25, 0.3) is 0 Å². The van der Waals surface area contributed by atoms with Crippen molar-refractivity contribution in [2.24, 2.45) is 0 Å². The number of methoxy groups -OCH3 is 1. The molecule has 1 aliphatic heterocycles. The van der Waals surface area contributed by atoms with Crippen LogP contribution < -0.4 is 10.1 Å². The van der Waals surface area contributed by atoms with Gasteiger partial charge in [-0.1, -0.05) is 18.2 Å². The third-order valence-electron chi connectivity index (χ3n) is 5.14. The molecular formula is C22H27F2N3O2. The van der Waals surface area contributed by atoms with Crippen molar-refractivity contribution >= 4 is 5.91 Å². The van der Waals surface area contributed by atoms with Gasteiger partial charge in [0.25, 0.3) is 0 Å². The first-order chi connectivity index (χ1) is 14.0. The molecule has 156 valence electrons. The van der Waals surface area contributed by atoms with Crippen molar-refractivity contribution in [3.63, 3.8) is 0 Å². The van der Waals surface area contributed by atoms with Gasteiger partial charge in [0.05, 0.1) is 13.7 Å². The van der Waals surface area contributed by atoms with Crippen LogP contribution in [0.1, 0.15) is 11.1 Å². The number of halogens is 2. The Morgan fingerprint density at radius 3 is 2.48 bits per heavy atom. The van der Waals surface area contributed by atoms with Gasteiger partial charge in [0.1, 0.15) is 17.4 Å². The molecule has 0 unspecified atom stereocenters. The molecule has 1 amide bonds. The summed E-state index contributed by atoms with van der Waals surface area (Å²) in [5, 5.41) is 2.86. The number of carbonyl (C=O) groups is 1. The molecule has 1 aliphatic rings. The average Bonchev–Trinajstić information content (AvgIpc) is 2.71. The summed E-state index contributed by atoms with van der Waals surface area (Å²) in [6, 6.07) is 11.1. The van der Waals surface area contributed by atoms with Crippen LogP contribution in [0.15, 0.2) is 42.5 Å². The highest BCUT2D eigenvalue weighted by molar-refractivity contribution is 5.78. The normalized spacial score (nSPS) is 15.3. The largest absolute Gasteiger partial charge is 0.496 e. The number of piperazine rings is 1. The molecule has 0 aliphatic carbocycles. The van der Waals surface area contributed by atoms with Crippen LogP contribution in [0.2, 0.25) is 0 Å². The Balaban J connectivity index is 1.39. The van der Waals surface area contributed by atoms with Gasteiger partial charge in [-0.05, 0) is 36.2 Å². The third kappa shape index (κ3) is 6.24. The van der Waals surface area contributed by atoms with E-state index in [-0.39, 0.29) is 17.5 Å². The molecule has 0 spiro atoms. The third-order valence-corrected chi connectivity index (χ3v) is 5.14. The Bertz CT molecular complexity index is 823. The van der Waals surface area contributed by atoms with Gasteiger partial charge in [-0.2, -0.15) is 0 Å². The zero-order valence-electron chi connectivity index (χ0n) is 16.7. The first kappa shape index (κ1) is 21.2. The number of carbonyl (C=O) groups excluding carboxylic acids is 1. The maximum atomic E-state index is 13.6. The molecular weight excluding hydrogens is 376 g/mol. The van der Waals surface area contributed by atoms with Crippen LogP contribution in [0.5, 0.6) is 5.75 Å². The number of benzene rings is 2. The minimum Gasteiger partial charge on any atom is -0.496 e. The van der Waals surface area contributed by atoms with E-state index >= 15 is 0 Å². The summed E-state index contributed by atoms with van der Waals surface area (Å²) < 4.78 is 32.4. The fourth-order valence-electron chi connectivity index (χ4n) is 3.51. The number of nitrogens with one attached hydrogen (secondary N) is 1. The van der Waals surface area contributed by atoms with Crippen molar-refractivity contribution in [3.05, 3.63) is 65.2 Å². The number of hydrogen-bond acceptors (Lipinski definition) is 4. The minimum absolute atomic E-state index is 0.0541. The highest BCUT2D eigenvalue weighted by Gasteiger charge is 2.20. The van der Waals surface area contributed by atoms with Gasteiger partial charge in [-0.25, -0.2) is 8.78 Å². The monoisotopic (exact) mass is 403 g/mol. The van der Waals surface area contributed by atoms with E-state index in [1.54, 1.807) is 31.4 Å². The van der Waals surface area contributed by atoms with Gasteiger partial charge in [-0.3, -0.25) is 14.6 Å². The second-order valence-corrected chi connectivity index (χ2v) is 7.20. The Hall–Kier alpha value is -2.51. The number of rotatable bonds is 8. The molecule has 0 bridgehead atoms. The first-order valence-corrected chi connectivity index (χ1v) is 9.82. The van der Waals surface area contributed by atoms with Crippen molar-refractivity contribution < 1.29 is 18.3 Å². The van der Waals surface area contributed by atoms with Crippen LogP contribution in [-0.2, 0) is 17.8 Å². The van der Waals surface area contributed by atoms with E-state index in [1.165, 1.54) is 18.2 Å². The van der Waals surface area contributed by atoms with Gasteiger partial charge in [0, 0.05) is 44.8 Å². The summed E-state index contributed by atoms with van der Waals surface area (Å²) in [7, 11) is 1.58. The lowest BCUT2D eigenvalue weighted by Crippen LogP contribution is -2.49. The Morgan fingerprint density at radius 1 is 1.03 bits per heavy atom. The van der Waals surface area contributed by atoms with Crippen LogP contribution in [0, 0.1) is 11.6 Å². The van der Waals surface area contributed by atoms with Gasteiger partial charge in [0.2, 0.25) is 5.91 Å². The highest BCUT2D eigenvalue weighted by Crippen LogP contribution is 2.21. The molecule has 7 heteroatoms.